The van der Waals surface area contributed by atoms with Crippen molar-refractivity contribution in [2.45, 2.75) is 65.1 Å². The van der Waals surface area contributed by atoms with E-state index in [0.717, 1.165) is 67.2 Å². The molecule has 0 saturated carbocycles. The van der Waals surface area contributed by atoms with E-state index in [-0.39, 0.29) is 17.9 Å². The molecule has 0 aliphatic carbocycles. The summed E-state index contributed by atoms with van der Waals surface area (Å²) >= 11 is 1.49. The molecule has 4 rings (SSSR count). The Kier molecular flexibility index (Phi) is 15.9. The number of aryl methyl sites for hydroxylation is 1. The van der Waals surface area contributed by atoms with Crippen LogP contribution in [0.25, 0.3) is 11.0 Å². The third-order valence-corrected chi connectivity index (χ3v) is 9.02. The second-order valence-corrected chi connectivity index (χ2v) is 13.7. The molecule has 0 atom stereocenters. The molecule has 2 aromatic carbocycles. The second kappa shape index (κ2) is 19.8. The lowest BCUT2D eigenvalue weighted by atomic mass is 9.92. The Bertz CT molecular complexity index is 1620. The quantitative estimate of drug-likeness (QED) is 0.0709. The molecule has 0 saturated heterocycles. The van der Waals surface area contributed by atoms with E-state index in [4.69, 9.17) is 24.0 Å². The van der Waals surface area contributed by atoms with Gasteiger partial charge in [0.2, 0.25) is 12.2 Å². The lowest BCUT2D eigenvalue weighted by molar-refractivity contribution is -0.106. The first kappa shape index (κ1) is 39.3. The number of nitrogens with zero attached hydrogens (tertiary/aromatic N) is 4. The SMILES string of the molecule is COc1cc(C(=O)CSc2nc3c(CC(C)C)c(CC(C)C)ccc3n2CCCN(C)CCc2ccccn2)cc(OC)c1OC.NC=O. The van der Waals surface area contributed by atoms with Crippen LogP contribution in [0.3, 0.4) is 0 Å². The van der Waals surface area contributed by atoms with Crippen molar-refractivity contribution in [3.05, 3.63) is 71.0 Å². The number of nitrogens with two attached hydrogens (primary N) is 1. The van der Waals surface area contributed by atoms with E-state index in [1.54, 1.807) is 33.5 Å². The number of thioether (sulfide) groups is 1. The molecule has 0 aliphatic rings. The number of hydrogen-bond acceptors (Lipinski definition) is 9. The highest BCUT2D eigenvalue weighted by atomic mass is 32.2. The maximum absolute atomic E-state index is 13.5. The van der Waals surface area contributed by atoms with Gasteiger partial charge in [0.1, 0.15) is 0 Å². The number of benzene rings is 2. The molecule has 2 heterocycles. The van der Waals surface area contributed by atoms with E-state index in [1.807, 2.05) is 18.3 Å². The Morgan fingerprint density at radius 1 is 0.980 bits per heavy atom. The van der Waals surface area contributed by atoms with E-state index < -0.39 is 0 Å². The minimum Gasteiger partial charge on any atom is -0.493 e. The fourth-order valence-corrected chi connectivity index (χ4v) is 6.71. The standard InChI is InChI=1S/C37H50N4O4S.CH3NO/c1-25(2)20-27-13-14-31-35(30(27)21-26(3)4)39-37(41(31)18-11-17-40(5)19-15-29-12-9-10-16-38-29)46-24-32(42)28-22-33(43-6)36(45-8)34(23-28)44-7;2-1-3/h9-10,12-14,16,22-23,25-26H,11,15,17-21,24H2,1-8H3;1H,(H2,2,3). The van der Waals surface area contributed by atoms with Gasteiger partial charge in [-0.1, -0.05) is 51.6 Å². The van der Waals surface area contributed by atoms with Crippen LogP contribution in [0.5, 0.6) is 17.2 Å². The van der Waals surface area contributed by atoms with Gasteiger partial charge in [0.05, 0.1) is 38.1 Å². The van der Waals surface area contributed by atoms with Gasteiger partial charge in [-0.25, -0.2) is 4.98 Å². The fourth-order valence-electron chi connectivity index (χ4n) is 5.78. The molecule has 2 aromatic heterocycles. The first-order chi connectivity index (χ1) is 23.6. The smallest absolute Gasteiger partial charge is 0.204 e. The first-order valence-corrected chi connectivity index (χ1v) is 17.8. The van der Waals surface area contributed by atoms with Crippen LogP contribution in [-0.2, 0) is 30.6 Å². The number of ether oxygens (including phenoxy) is 3. The highest BCUT2D eigenvalue weighted by Crippen LogP contribution is 2.39. The van der Waals surface area contributed by atoms with Gasteiger partial charge in [0.15, 0.2) is 22.4 Å². The van der Waals surface area contributed by atoms with Crippen LogP contribution in [0.1, 0.15) is 61.3 Å². The van der Waals surface area contributed by atoms with Crippen LogP contribution in [0.15, 0.2) is 53.8 Å². The molecule has 0 spiro atoms. The molecule has 10 nitrogen and oxygen atoms in total. The largest absolute Gasteiger partial charge is 0.493 e. The molecule has 11 heteroatoms. The minimum atomic E-state index is -0.0278. The zero-order chi connectivity index (χ0) is 35.9. The minimum absolute atomic E-state index is 0.0278. The van der Waals surface area contributed by atoms with E-state index in [0.29, 0.717) is 34.6 Å². The molecule has 1 amide bonds. The summed E-state index contributed by atoms with van der Waals surface area (Å²) in [6.07, 6.45) is 5.98. The van der Waals surface area contributed by atoms with Crippen molar-refractivity contribution in [3.8, 4) is 17.2 Å². The van der Waals surface area contributed by atoms with Crippen molar-refractivity contribution >= 4 is 35.0 Å². The molecule has 4 aromatic rings. The van der Waals surface area contributed by atoms with Crippen LogP contribution in [-0.4, -0.2) is 78.8 Å². The molecule has 266 valence electrons. The van der Waals surface area contributed by atoms with Crippen LogP contribution in [0, 0.1) is 11.8 Å². The second-order valence-electron chi connectivity index (χ2n) is 12.8. The molecule has 49 heavy (non-hydrogen) atoms. The summed E-state index contributed by atoms with van der Waals surface area (Å²) in [5.74, 6) is 2.67. The van der Waals surface area contributed by atoms with Crippen molar-refractivity contribution in [1.82, 2.24) is 19.4 Å². The Hall–Kier alpha value is -4.09. The molecule has 0 fully saturated rings. The number of fused-ring (bicyclic) bond motifs is 1. The summed E-state index contributed by atoms with van der Waals surface area (Å²) < 4.78 is 18.8. The van der Waals surface area contributed by atoms with Crippen molar-refractivity contribution in [2.75, 3.05) is 47.2 Å². The number of imidazole rings is 1. The van der Waals surface area contributed by atoms with Gasteiger partial charge >= 0.3 is 0 Å². The molecular formula is C38H53N5O5S. The number of methoxy groups -OCH3 is 3. The molecule has 0 unspecified atom stereocenters. The number of amides is 1. The average molecular weight is 692 g/mol. The monoisotopic (exact) mass is 691 g/mol. The number of aromatic nitrogens is 3. The number of hydrogen-bond donors (Lipinski definition) is 1. The predicted molar refractivity (Wildman–Crippen MR) is 198 cm³/mol. The Balaban J connectivity index is 0.00000209. The third-order valence-electron chi connectivity index (χ3n) is 8.04. The third kappa shape index (κ3) is 11.2. The molecule has 0 bridgehead atoms. The molecule has 0 radical (unpaired) electrons. The maximum Gasteiger partial charge on any atom is 0.204 e. The summed E-state index contributed by atoms with van der Waals surface area (Å²) in [6, 6.07) is 14.0. The van der Waals surface area contributed by atoms with Gasteiger partial charge in [-0.15, -0.1) is 0 Å². The topological polar surface area (TPSA) is 122 Å². The van der Waals surface area contributed by atoms with Gasteiger partial charge < -0.3 is 29.4 Å². The summed E-state index contributed by atoms with van der Waals surface area (Å²) in [5.41, 5.74) is 10.7. The first-order valence-electron chi connectivity index (χ1n) is 16.8. The van der Waals surface area contributed by atoms with Gasteiger partial charge in [-0.2, -0.15) is 0 Å². The zero-order valence-corrected chi connectivity index (χ0v) is 31.1. The van der Waals surface area contributed by atoms with Gasteiger partial charge in [0.25, 0.3) is 0 Å². The number of primary amides is 1. The number of rotatable bonds is 18. The van der Waals surface area contributed by atoms with Crippen molar-refractivity contribution < 1.29 is 23.8 Å². The van der Waals surface area contributed by atoms with Crippen LogP contribution >= 0.6 is 11.8 Å². The number of ketones is 1. The van der Waals surface area contributed by atoms with Crippen LogP contribution < -0.4 is 19.9 Å². The highest BCUT2D eigenvalue weighted by Gasteiger charge is 2.21. The van der Waals surface area contributed by atoms with Crippen LogP contribution in [0.2, 0.25) is 0 Å². The Labute approximate surface area is 295 Å². The van der Waals surface area contributed by atoms with Gasteiger partial charge in [0, 0.05) is 37.0 Å². The predicted octanol–water partition coefficient (Wildman–Crippen LogP) is 6.50. The number of carbonyl (C=O) groups excluding carboxylic acids is 2. The van der Waals surface area contributed by atoms with E-state index in [9.17, 15) is 4.79 Å². The Morgan fingerprint density at radius 3 is 2.22 bits per heavy atom. The van der Waals surface area contributed by atoms with Crippen molar-refractivity contribution in [1.29, 1.82) is 0 Å². The lowest BCUT2D eigenvalue weighted by Crippen LogP contribution is -2.23. The fraction of sp³-hybridized carbons (Fsp3) is 0.474. The van der Waals surface area contributed by atoms with E-state index >= 15 is 0 Å². The molecule has 2 N–H and O–H groups in total. The Morgan fingerprint density at radius 2 is 1.65 bits per heavy atom. The number of pyridine rings is 1. The van der Waals surface area contributed by atoms with Crippen LogP contribution in [0.4, 0.5) is 0 Å². The maximum atomic E-state index is 13.5. The summed E-state index contributed by atoms with van der Waals surface area (Å²) in [7, 11) is 6.84. The van der Waals surface area contributed by atoms with Gasteiger partial charge in [-0.3, -0.25) is 14.6 Å². The number of likely N-dealkylation sites (N-methyl/N-ethyl adjacent to an activating group) is 1. The summed E-state index contributed by atoms with van der Waals surface area (Å²) in [6.45, 7) is 11.8. The number of carbonyl (C=O) groups is 2. The average Bonchev–Trinajstić information content (AvgIpc) is 3.44. The van der Waals surface area contributed by atoms with E-state index in [2.05, 4.69) is 73.1 Å². The molecule has 0 aliphatic heterocycles. The van der Waals surface area contributed by atoms with Gasteiger partial charge in [-0.05, 0) is 86.1 Å². The summed E-state index contributed by atoms with van der Waals surface area (Å²) in [5, 5.41) is 0.874. The highest BCUT2D eigenvalue weighted by molar-refractivity contribution is 7.99. The normalized spacial score (nSPS) is 11.2. The zero-order valence-electron chi connectivity index (χ0n) is 30.3. The summed E-state index contributed by atoms with van der Waals surface area (Å²) in [4.78, 5) is 34.2. The molecular weight excluding hydrogens is 639 g/mol. The van der Waals surface area contributed by atoms with Crippen molar-refractivity contribution in [2.24, 2.45) is 17.6 Å². The number of Topliss-reactive ketones (excluding diaryl/α,β-unsaturated/α-hetero) is 1. The lowest BCUT2D eigenvalue weighted by Gasteiger charge is -2.18. The van der Waals surface area contributed by atoms with Crippen molar-refractivity contribution in [3.63, 3.8) is 0 Å². The van der Waals surface area contributed by atoms with E-state index in [1.165, 1.54) is 22.9 Å².